The summed E-state index contributed by atoms with van der Waals surface area (Å²) in [6.07, 6.45) is 1.45. The number of carbonyl (C=O) groups is 2. The number of carbonyl (C=O) groups excluding carboxylic acids is 2. The van der Waals surface area contributed by atoms with Gasteiger partial charge in [-0.15, -0.1) is 0 Å². The van der Waals surface area contributed by atoms with Crippen molar-refractivity contribution < 1.29 is 28.5 Å². The Morgan fingerprint density at radius 1 is 0.909 bits per heavy atom. The number of esters is 1. The molecule has 9 heteroatoms. The highest BCUT2D eigenvalue weighted by Crippen LogP contribution is 2.38. The fourth-order valence-corrected chi connectivity index (χ4v) is 3.07. The maximum absolute atomic E-state index is 12.5. The predicted molar refractivity (Wildman–Crippen MR) is 124 cm³/mol. The number of nitrogens with zero attached hydrogens (tertiary/aromatic N) is 1. The van der Waals surface area contributed by atoms with Crippen LogP contribution in [0.15, 0.2) is 65.8 Å². The monoisotopic (exact) mass is 468 g/mol. The highest BCUT2D eigenvalue weighted by atomic mass is 35.5. The van der Waals surface area contributed by atoms with Gasteiger partial charge >= 0.3 is 5.97 Å². The standard InChI is InChI=1S/C24H21ClN2O6/c1-30-20-12-16(13-21(31-2)22(20)32-3)23(28)27-26-14-15-8-10-17(11-9-15)33-24(29)18-6-4-5-7-19(18)25/h4-14H,1-3H3,(H,27,28)/b26-14+. The molecule has 0 aromatic heterocycles. The number of hydrazone groups is 1. The van der Waals surface area contributed by atoms with E-state index in [4.69, 9.17) is 30.5 Å². The number of hydrogen-bond acceptors (Lipinski definition) is 7. The van der Waals surface area contributed by atoms with Gasteiger partial charge in [-0.05, 0) is 54.1 Å². The quantitative estimate of drug-likeness (QED) is 0.228. The van der Waals surface area contributed by atoms with Crippen LogP contribution < -0.4 is 24.4 Å². The van der Waals surface area contributed by atoms with E-state index in [9.17, 15) is 9.59 Å². The second-order valence-electron chi connectivity index (χ2n) is 6.55. The molecule has 3 aromatic carbocycles. The third-order valence-electron chi connectivity index (χ3n) is 4.49. The van der Waals surface area contributed by atoms with Crippen LogP contribution in [-0.4, -0.2) is 39.4 Å². The van der Waals surface area contributed by atoms with E-state index in [1.54, 1.807) is 48.5 Å². The molecule has 3 aromatic rings. The van der Waals surface area contributed by atoms with Crippen molar-refractivity contribution in [1.82, 2.24) is 5.43 Å². The fraction of sp³-hybridized carbons (Fsp3) is 0.125. The summed E-state index contributed by atoms with van der Waals surface area (Å²) in [7, 11) is 4.41. The van der Waals surface area contributed by atoms with Crippen molar-refractivity contribution in [3.05, 3.63) is 82.4 Å². The van der Waals surface area contributed by atoms with Crippen LogP contribution in [-0.2, 0) is 0 Å². The number of methoxy groups -OCH3 is 3. The van der Waals surface area contributed by atoms with Gasteiger partial charge in [0.2, 0.25) is 5.75 Å². The van der Waals surface area contributed by atoms with Crippen molar-refractivity contribution in [2.24, 2.45) is 5.10 Å². The van der Waals surface area contributed by atoms with E-state index in [-0.39, 0.29) is 11.1 Å². The first-order valence-corrected chi connectivity index (χ1v) is 10.0. The second kappa shape index (κ2) is 11.0. The van der Waals surface area contributed by atoms with Crippen molar-refractivity contribution in [2.75, 3.05) is 21.3 Å². The van der Waals surface area contributed by atoms with Gasteiger partial charge < -0.3 is 18.9 Å². The summed E-state index contributed by atoms with van der Waals surface area (Å²) in [5, 5.41) is 4.27. The van der Waals surface area contributed by atoms with Crippen LogP contribution in [0.1, 0.15) is 26.3 Å². The molecular formula is C24H21ClN2O6. The zero-order valence-electron chi connectivity index (χ0n) is 18.1. The van der Waals surface area contributed by atoms with Gasteiger partial charge in [0.05, 0.1) is 38.1 Å². The number of amides is 1. The molecule has 8 nitrogen and oxygen atoms in total. The first-order valence-electron chi connectivity index (χ1n) is 9.67. The lowest BCUT2D eigenvalue weighted by atomic mass is 10.1. The fourth-order valence-electron chi connectivity index (χ4n) is 2.85. The summed E-state index contributed by atoms with van der Waals surface area (Å²) in [6, 6.07) is 16.3. The molecule has 0 spiro atoms. The minimum Gasteiger partial charge on any atom is -0.493 e. The Morgan fingerprint density at radius 3 is 2.12 bits per heavy atom. The summed E-state index contributed by atoms with van der Waals surface area (Å²) in [4.78, 5) is 24.7. The molecule has 0 aliphatic rings. The predicted octanol–water partition coefficient (Wildman–Crippen LogP) is 4.35. The highest BCUT2D eigenvalue weighted by Gasteiger charge is 2.17. The molecule has 0 saturated heterocycles. The lowest BCUT2D eigenvalue weighted by Gasteiger charge is -2.13. The highest BCUT2D eigenvalue weighted by molar-refractivity contribution is 6.33. The van der Waals surface area contributed by atoms with Crippen LogP contribution in [0.5, 0.6) is 23.0 Å². The maximum atomic E-state index is 12.5. The average Bonchev–Trinajstić information content (AvgIpc) is 2.84. The third-order valence-corrected chi connectivity index (χ3v) is 4.82. The number of halogens is 1. The molecule has 1 amide bonds. The summed E-state index contributed by atoms with van der Waals surface area (Å²) in [5.74, 6) is 0.421. The van der Waals surface area contributed by atoms with E-state index < -0.39 is 11.9 Å². The van der Waals surface area contributed by atoms with Crippen molar-refractivity contribution in [1.29, 1.82) is 0 Å². The summed E-state index contributed by atoms with van der Waals surface area (Å²) >= 11 is 6.01. The van der Waals surface area contributed by atoms with Crippen molar-refractivity contribution in [3.8, 4) is 23.0 Å². The molecule has 0 fully saturated rings. The zero-order chi connectivity index (χ0) is 23.8. The lowest BCUT2D eigenvalue weighted by Crippen LogP contribution is -2.18. The van der Waals surface area contributed by atoms with E-state index in [0.29, 0.717) is 33.6 Å². The number of nitrogens with one attached hydrogen (secondary N) is 1. The second-order valence-corrected chi connectivity index (χ2v) is 6.96. The zero-order valence-corrected chi connectivity index (χ0v) is 18.9. The van der Waals surface area contributed by atoms with E-state index in [1.807, 2.05) is 0 Å². The molecule has 0 aliphatic carbocycles. The molecule has 0 aliphatic heterocycles. The van der Waals surface area contributed by atoms with Crippen LogP contribution in [0, 0.1) is 0 Å². The molecule has 0 radical (unpaired) electrons. The van der Waals surface area contributed by atoms with Crippen LogP contribution in [0.2, 0.25) is 5.02 Å². The van der Waals surface area contributed by atoms with Gasteiger partial charge in [-0.1, -0.05) is 23.7 Å². The topological polar surface area (TPSA) is 95.5 Å². The van der Waals surface area contributed by atoms with Gasteiger partial charge in [0.15, 0.2) is 11.5 Å². The minimum atomic E-state index is -0.556. The van der Waals surface area contributed by atoms with Crippen molar-refractivity contribution >= 4 is 29.7 Å². The van der Waals surface area contributed by atoms with E-state index >= 15 is 0 Å². The third kappa shape index (κ3) is 5.81. The van der Waals surface area contributed by atoms with Gasteiger partial charge in [-0.3, -0.25) is 4.79 Å². The molecule has 170 valence electrons. The van der Waals surface area contributed by atoms with E-state index in [1.165, 1.54) is 39.7 Å². The Balaban J connectivity index is 1.63. The molecule has 0 bridgehead atoms. The summed E-state index contributed by atoms with van der Waals surface area (Å²) in [6.45, 7) is 0. The number of benzene rings is 3. The molecule has 1 N–H and O–H groups in total. The van der Waals surface area contributed by atoms with Crippen molar-refractivity contribution in [2.45, 2.75) is 0 Å². The molecular weight excluding hydrogens is 448 g/mol. The average molecular weight is 469 g/mol. The first kappa shape index (κ1) is 23.6. The molecule has 33 heavy (non-hydrogen) atoms. The van der Waals surface area contributed by atoms with Gasteiger partial charge in [-0.25, -0.2) is 10.2 Å². The SMILES string of the molecule is COc1cc(C(=O)N/N=C/c2ccc(OC(=O)c3ccccc3Cl)cc2)cc(OC)c1OC. The van der Waals surface area contributed by atoms with Gasteiger partial charge in [0.25, 0.3) is 5.91 Å². The maximum Gasteiger partial charge on any atom is 0.345 e. The Bertz CT molecular complexity index is 1150. The molecule has 0 unspecified atom stereocenters. The van der Waals surface area contributed by atoms with Crippen molar-refractivity contribution in [3.63, 3.8) is 0 Å². The first-order chi connectivity index (χ1) is 16.0. The number of hydrogen-bond donors (Lipinski definition) is 1. The summed E-state index contributed by atoms with van der Waals surface area (Å²) < 4.78 is 21.1. The van der Waals surface area contributed by atoms with Crippen LogP contribution in [0.4, 0.5) is 0 Å². The van der Waals surface area contributed by atoms with Gasteiger partial charge in [-0.2, -0.15) is 5.10 Å². The Hall–Kier alpha value is -4.04. The van der Waals surface area contributed by atoms with Crippen LogP contribution in [0.25, 0.3) is 0 Å². The summed E-state index contributed by atoms with van der Waals surface area (Å²) in [5.41, 5.74) is 3.68. The molecule has 0 heterocycles. The Kier molecular flexibility index (Phi) is 7.88. The Labute approximate surface area is 195 Å². The van der Waals surface area contributed by atoms with E-state index in [2.05, 4.69) is 10.5 Å². The van der Waals surface area contributed by atoms with Crippen LogP contribution >= 0.6 is 11.6 Å². The van der Waals surface area contributed by atoms with Gasteiger partial charge in [0, 0.05) is 5.56 Å². The molecule has 0 atom stereocenters. The van der Waals surface area contributed by atoms with Gasteiger partial charge in [0.1, 0.15) is 5.75 Å². The molecule has 3 rings (SSSR count). The Morgan fingerprint density at radius 2 is 1.55 bits per heavy atom. The smallest absolute Gasteiger partial charge is 0.345 e. The molecule has 0 saturated carbocycles. The lowest BCUT2D eigenvalue weighted by molar-refractivity contribution is 0.0734. The minimum absolute atomic E-state index is 0.277. The van der Waals surface area contributed by atoms with Crippen LogP contribution in [0.3, 0.4) is 0 Å². The number of ether oxygens (including phenoxy) is 4. The largest absolute Gasteiger partial charge is 0.493 e. The normalized spacial score (nSPS) is 10.5. The number of rotatable bonds is 8. The van der Waals surface area contributed by atoms with E-state index in [0.717, 1.165) is 0 Å².